The molecule has 6 nitrogen and oxygen atoms in total. The summed E-state index contributed by atoms with van der Waals surface area (Å²) in [5.41, 5.74) is 2.59. The molecule has 2 saturated heterocycles. The van der Waals surface area contributed by atoms with Crippen molar-refractivity contribution >= 4 is 23.0 Å². The average molecular weight is 495 g/mol. The van der Waals surface area contributed by atoms with E-state index in [0.717, 1.165) is 50.5 Å². The minimum Gasteiger partial charge on any atom is -0.395 e. The third-order valence-electron chi connectivity index (χ3n) is 7.81. The van der Waals surface area contributed by atoms with Crippen LogP contribution in [0.1, 0.15) is 42.7 Å². The molecule has 1 unspecified atom stereocenters. The van der Waals surface area contributed by atoms with Gasteiger partial charge in [-0.05, 0) is 92.1 Å². The van der Waals surface area contributed by atoms with Gasteiger partial charge in [0.05, 0.1) is 6.61 Å². The van der Waals surface area contributed by atoms with Crippen LogP contribution >= 0.6 is 0 Å². The second-order valence-corrected chi connectivity index (χ2v) is 9.90. The number of rotatable bonds is 6. The number of aromatic amines is 1. The highest BCUT2D eigenvalue weighted by molar-refractivity contribution is 5.91. The van der Waals surface area contributed by atoms with Crippen LogP contribution in [0.2, 0.25) is 0 Å². The fourth-order valence-corrected chi connectivity index (χ4v) is 5.87. The zero-order valence-corrected chi connectivity index (χ0v) is 20.2. The van der Waals surface area contributed by atoms with E-state index in [1.54, 1.807) is 11.1 Å². The Morgan fingerprint density at radius 3 is 2.53 bits per heavy atom. The number of fused-ring (bicyclic) bond motifs is 1. The quantitative estimate of drug-likeness (QED) is 0.501. The van der Waals surface area contributed by atoms with Crippen LogP contribution in [0.3, 0.4) is 0 Å². The second kappa shape index (κ2) is 10.9. The number of carbonyl (C=O) groups excluding carboxylic acids is 1. The summed E-state index contributed by atoms with van der Waals surface area (Å²) in [5, 5.41) is 11.4. The van der Waals surface area contributed by atoms with E-state index in [9.17, 15) is 18.7 Å². The van der Waals surface area contributed by atoms with Crippen LogP contribution in [-0.4, -0.2) is 69.6 Å². The van der Waals surface area contributed by atoms with Crippen molar-refractivity contribution in [3.8, 4) is 0 Å². The fourth-order valence-electron chi connectivity index (χ4n) is 5.87. The van der Waals surface area contributed by atoms with Gasteiger partial charge in [0.25, 0.3) is 0 Å². The van der Waals surface area contributed by atoms with Crippen molar-refractivity contribution in [1.29, 1.82) is 0 Å². The Hall–Kier alpha value is -3.10. The van der Waals surface area contributed by atoms with Gasteiger partial charge in [-0.1, -0.05) is 0 Å². The Kier molecular flexibility index (Phi) is 7.43. The number of amides is 1. The van der Waals surface area contributed by atoms with Gasteiger partial charge >= 0.3 is 0 Å². The molecule has 36 heavy (non-hydrogen) atoms. The summed E-state index contributed by atoms with van der Waals surface area (Å²) >= 11 is 0. The van der Waals surface area contributed by atoms with Crippen LogP contribution in [0, 0.1) is 17.6 Å². The van der Waals surface area contributed by atoms with Crippen molar-refractivity contribution in [2.45, 2.75) is 37.6 Å². The number of hydrogen-bond acceptors (Lipinski definition) is 4. The summed E-state index contributed by atoms with van der Waals surface area (Å²) in [4.78, 5) is 24.5. The number of carbonyl (C=O) groups is 1. The largest absolute Gasteiger partial charge is 0.395 e. The van der Waals surface area contributed by atoms with E-state index in [2.05, 4.69) is 27.1 Å². The first-order valence-electron chi connectivity index (χ1n) is 12.7. The van der Waals surface area contributed by atoms with E-state index in [1.165, 1.54) is 35.2 Å². The molecule has 1 atom stereocenters. The molecule has 2 aliphatic heterocycles. The van der Waals surface area contributed by atoms with Gasteiger partial charge in [-0.15, -0.1) is 0 Å². The lowest BCUT2D eigenvalue weighted by molar-refractivity contribution is -0.127. The average Bonchev–Trinajstić information content (AvgIpc) is 3.32. The molecule has 190 valence electrons. The Balaban J connectivity index is 1.14. The van der Waals surface area contributed by atoms with Crippen LogP contribution in [0.5, 0.6) is 0 Å². The standard InChI is InChI=1S/C28H32F2N4O2/c29-22-14-19(15-23(30)16-22)3-4-27(36)34-12-7-21(8-13-34)26(18-35)33-10-5-20(6-11-33)25-17-32-28-24(25)2-1-9-31-28/h1-4,9,14-17,20-21,26,35H,5-8,10-13,18H2,(H,31,32)/b4-3+. The normalized spacial score (nSPS) is 19.4. The predicted octanol–water partition coefficient (Wildman–Crippen LogP) is 4.33. The SMILES string of the molecule is O=C(/C=C/c1cc(F)cc(F)c1)N1CCC(C(CO)N2CCC(c3c[nH]c4ncccc34)CC2)CC1. The third-order valence-corrected chi connectivity index (χ3v) is 7.81. The number of H-pyrrole nitrogens is 1. The minimum atomic E-state index is -0.666. The Labute approximate surface area is 209 Å². The first-order valence-corrected chi connectivity index (χ1v) is 12.7. The van der Waals surface area contributed by atoms with Gasteiger partial charge in [0.15, 0.2) is 0 Å². The van der Waals surface area contributed by atoms with E-state index >= 15 is 0 Å². The van der Waals surface area contributed by atoms with E-state index < -0.39 is 11.6 Å². The van der Waals surface area contributed by atoms with Crippen molar-refractivity contribution in [2.75, 3.05) is 32.8 Å². The van der Waals surface area contributed by atoms with E-state index in [1.807, 2.05) is 6.07 Å². The number of aliphatic hydroxyl groups excluding tert-OH is 1. The third kappa shape index (κ3) is 5.34. The summed E-state index contributed by atoms with van der Waals surface area (Å²) in [5.74, 6) is -0.681. The van der Waals surface area contributed by atoms with Gasteiger partial charge in [-0.3, -0.25) is 9.69 Å². The van der Waals surface area contributed by atoms with Gasteiger partial charge in [0.1, 0.15) is 17.3 Å². The summed E-state index contributed by atoms with van der Waals surface area (Å²) in [6.45, 7) is 3.22. The van der Waals surface area contributed by atoms with Gasteiger partial charge in [-0.25, -0.2) is 13.8 Å². The number of likely N-dealkylation sites (tertiary alicyclic amines) is 2. The maximum atomic E-state index is 13.4. The molecule has 0 spiro atoms. The zero-order valence-electron chi connectivity index (χ0n) is 20.2. The lowest BCUT2D eigenvalue weighted by atomic mass is 9.85. The lowest BCUT2D eigenvalue weighted by Crippen LogP contribution is -2.50. The van der Waals surface area contributed by atoms with Gasteiger partial charge < -0.3 is 15.0 Å². The highest BCUT2D eigenvalue weighted by Crippen LogP contribution is 2.35. The van der Waals surface area contributed by atoms with Crippen LogP contribution < -0.4 is 0 Å². The molecule has 2 aromatic heterocycles. The number of nitrogens with one attached hydrogen (secondary N) is 1. The molecule has 3 aromatic rings. The predicted molar refractivity (Wildman–Crippen MR) is 135 cm³/mol. The van der Waals surface area contributed by atoms with Crippen molar-refractivity contribution in [2.24, 2.45) is 5.92 Å². The molecule has 4 heterocycles. The van der Waals surface area contributed by atoms with Crippen LogP contribution in [0.25, 0.3) is 17.1 Å². The number of benzene rings is 1. The summed E-state index contributed by atoms with van der Waals surface area (Å²) in [6, 6.07) is 7.40. The highest BCUT2D eigenvalue weighted by atomic mass is 19.1. The van der Waals surface area contributed by atoms with Crippen molar-refractivity contribution < 1.29 is 18.7 Å². The maximum absolute atomic E-state index is 13.4. The number of halogens is 2. The molecule has 1 amide bonds. The number of nitrogens with zero attached hydrogens (tertiary/aromatic N) is 3. The lowest BCUT2D eigenvalue weighted by Gasteiger charge is -2.43. The molecule has 1 aromatic carbocycles. The zero-order chi connectivity index (χ0) is 25.1. The number of hydrogen-bond donors (Lipinski definition) is 2. The minimum absolute atomic E-state index is 0.0960. The monoisotopic (exact) mass is 494 g/mol. The first-order chi connectivity index (χ1) is 17.5. The number of piperidine rings is 2. The first kappa shape index (κ1) is 24.6. The smallest absolute Gasteiger partial charge is 0.246 e. The molecule has 0 aliphatic carbocycles. The molecule has 0 saturated carbocycles. The van der Waals surface area contributed by atoms with Crippen LogP contribution in [0.15, 0.2) is 48.8 Å². The summed E-state index contributed by atoms with van der Waals surface area (Å²) in [6.07, 6.45) is 10.5. The van der Waals surface area contributed by atoms with Crippen molar-refractivity contribution in [3.63, 3.8) is 0 Å². The molecular formula is C28H32F2N4O2. The number of pyridine rings is 1. The van der Waals surface area contributed by atoms with E-state index in [0.29, 0.717) is 30.5 Å². The second-order valence-electron chi connectivity index (χ2n) is 9.90. The molecule has 2 N–H and O–H groups in total. The van der Waals surface area contributed by atoms with E-state index in [4.69, 9.17) is 0 Å². The molecule has 5 rings (SSSR count). The Bertz CT molecular complexity index is 1210. The molecular weight excluding hydrogens is 462 g/mol. The van der Waals surface area contributed by atoms with Crippen LogP contribution in [-0.2, 0) is 4.79 Å². The molecule has 2 aliphatic rings. The van der Waals surface area contributed by atoms with Gasteiger partial charge in [-0.2, -0.15) is 0 Å². The fraction of sp³-hybridized carbons (Fsp3) is 0.429. The highest BCUT2D eigenvalue weighted by Gasteiger charge is 2.33. The Morgan fingerprint density at radius 2 is 1.83 bits per heavy atom. The number of aromatic nitrogens is 2. The summed E-state index contributed by atoms with van der Waals surface area (Å²) < 4.78 is 26.7. The summed E-state index contributed by atoms with van der Waals surface area (Å²) in [7, 11) is 0. The molecule has 8 heteroatoms. The Morgan fingerprint density at radius 1 is 1.11 bits per heavy atom. The molecule has 2 fully saturated rings. The van der Waals surface area contributed by atoms with Crippen molar-refractivity contribution in [3.05, 3.63) is 71.6 Å². The van der Waals surface area contributed by atoms with Gasteiger partial charge in [0, 0.05) is 49.1 Å². The van der Waals surface area contributed by atoms with Gasteiger partial charge in [0.2, 0.25) is 5.91 Å². The number of aliphatic hydroxyl groups is 1. The molecule has 0 radical (unpaired) electrons. The van der Waals surface area contributed by atoms with Crippen molar-refractivity contribution in [1.82, 2.24) is 19.8 Å². The molecule has 0 bridgehead atoms. The maximum Gasteiger partial charge on any atom is 0.246 e. The van der Waals surface area contributed by atoms with Crippen LogP contribution in [0.4, 0.5) is 8.78 Å². The topological polar surface area (TPSA) is 72.5 Å². The van der Waals surface area contributed by atoms with E-state index in [-0.39, 0.29) is 18.6 Å².